The Labute approximate surface area is 175 Å². The van der Waals surface area contributed by atoms with Gasteiger partial charge in [-0.1, -0.05) is 13.8 Å². The van der Waals surface area contributed by atoms with Crippen LogP contribution >= 0.6 is 0 Å². The predicted molar refractivity (Wildman–Crippen MR) is 95.6 cm³/mol. The molecule has 0 unspecified atom stereocenters. The Morgan fingerprint density at radius 2 is 1.15 bits per heavy atom. The third kappa shape index (κ3) is 10.7. The Balaban J connectivity index is 0.00000338. The number of ether oxygens (including phenoxy) is 2. The molecule has 0 fully saturated rings. The minimum Gasteiger partial charge on any atom is -1.00 e. The first-order valence-corrected chi connectivity index (χ1v) is 9.57. The molecule has 0 bridgehead atoms. The number of aryl methyl sites for hydroxylation is 2. The van der Waals surface area contributed by atoms with Crippen LogP contribution in [0.5, 0.6) is 0 Å². The lowest BCUT2D eigenvalue weighted by atomic mass is 10.2. The number of rotatable bonds is 14. The second-order valence-electron chi connectivity index (χ2n) is 6.47. The molecule has 0 saturated heterocycles. The molecule has 2 aromatic rings. The quantitative estimate of drug-likeness (QED) is 0.235. The van der Waals surface area contributed by atoms with Crippen LogP contribution in [0.1, 0.15) is 46.0 Å². The standard InChI is InChI=1S/C19H34N4O2.2ClH/c1-3-8-20-10-12-22(16-20)18-24-14-6-5-7-15-25-19-23-13-11-21(17-23)9-4-2;;/h10-13,16-17H,3-9,14-15,18-19H2,1-2H3;2*1H/q+2;;/p-2. The van der Waals surface area contributed by atoms with Crippen LogP contribution in [-0.2, 0) is 36.0 Å². The largest absolute Gasteiger partial charge is 1.00 e. The van der Waals surface area contributed by atoms with E-state index in [1.807, 2.05) is 0 Å². The molecular formula is C19H34Cl2N4O2. The van der Waals surface area contributed by atoms with Gasteiger partial charge in [0.05, 0.1) is 26.3 Å². The second kappa shape index (κ2) is 15.9. The van der Waals surface area contributed by atoms with Crippen LogP contribution < -0.4 is 33.9 Å². The molecule has 27 heavy (non-hydrogen) atoms. The van der Waals surface area contributed by atoms with Gasteiger partial charge in [0.25, 0.3) is 0 Å². The van der Waals surface area contributed by atoms with Crippen LogP contribution in [0, 0.1) is 0 Å². The molecule has 2 heterocycles. The van der Waals surface area contributed by atoms with Crippen molar-refractivity contribution in [2.45, 2.75) is 72.5 Å². The summed E-state index contributed by atoms with van der Waals surface area (Å²) >= 11 is 0. The van der Waals surface area contributed by atoms with E-state index in [-0.39, 0.29) is 24.8 Å². The maximum absolute atomic E-state index is 5.71. The molecule has 0 aliphatic heterocycles. The molecule has 0 amide bonds. The molecule has 0 saturated carbocycles. The molecular weight excluding hydrogens is 387 g/mol. The lowest BCUT2D eigenvalue weighted by molar-refractivity contribution is -0.732. The molecule has 8 heteroatoms. The van der Waals surface area contributed by atoms with E-state index in [4.69, 9.17) is 9.47 Å². The first-order chi connectivity index (χ1) is 12.3. The Morgan fingerprint density at radius 1 is 0.704 bits per heavy atom. The van der Waals surface area contributed by atoms with Crippen molar-refractivity contribution in [3.05, 3.63) is 37.4 Å². The zero-order chi connectivity index (χ0) is 17.7. The molecule has 2 aromatic heterocycles. The molecule has 0 N–H and O–H groups in total. The monoisotopic (exact) mass is 420 g/mol. The van der Waals surface area contributed by atoms with Gasteiger partial charge >= 0.3 is 0 Å². The van der Waals surface area contributed by atoms with Gasteiger partial charge in [-0.05, 0) is 32.1 Å². The predicted octanol–water partition coefficient (Wildman–Crippen LogP) is -3.49. The zero-order valence-electron chi connectivity index (χ0n) is 16.6. The third-order valence-corrected chi connectivity index (χ3v) is 4.01. The van der Waals surface area contributed by atoms with Gasteiger partial charge < -0.3 is 34.3 Å². The highest BCUT2D eigenvalue weighted by Gasteiger charge is 2.03. The summed E-state index contributed by atoms with van der Waals surface area (Å²) in [6.45, 7) is 9.39. The zero-order valence-corrected chi connectivity index (χ0v) is 18.1. The third-order valence-electron chi connectivity index (χ3n) is 4.01. The fourth-order valence-corrected chi connectivity index (χ4v) is 2.74. The van der Waals surface area contributed by atoms with Crippen molar-refractivity contribution in [2.75, 3.05) is 13.2 Å². The summed E-state index contributed by atoms with van der Waals surface area (Å²) in [7, 11) is 0. The highest BCUT2D eigenvalue weighted by Crippen LogP contribution is 1.97. The topological polar surface area (TPSA) is 36.1 Å². The van der Waals surface area contributed by atoms with Gasteiger partial charge in [-0.25, -0.2) is 18.3 Å². The highest BCUT2D eigenvalue weighted by molar-refractivity contribution is 4.65. The van der Waals surface area contributed by atoms with Crippen molar-refractivity contribution in [3.63, 3.8) is 0 Å². The van der Waals surface area contributed by atoms with Crippen LogP contribution in [0.3, 0.4) is 0 Å². The molecule has 0 spiro atoms. The van der Waals surface area contributed by atoms with Crippen LogP contribution in [-0.4, -0.2) is 22.3 Å². The Bertz CT molecular complexity index is 540. The van der Waals surface area contributed by atoms with Gasteiger partial charge in [-0.15, -0.1) is 0 Å². The van der Waals surface area contributed by atoms with E-state index in [1.165, 1.54) is 0 Å². The Morgan fingerprint density at radius 3 is 1.56 bits per heavy atom. The van der Waals surface area contributed by atoms with E-state index >= 15 is 0 Å². The lowest BCUT2D eigenvalue weighted by Gasteiger charge is -2.03. The fraction of sp³-hybridized carbons (Fsp3) is 0.684. The van der Waals surface area contributed by atoms with Crippen LogP contribution in [0.2, 0.25) is 0 Å². The maximum Gasteiger partial charge on any atom is 0.245 e. The lowest BCUT2D eigenvalue weighted by Crippen LogP contribution is -3.00. The number of imidazole rings is 2. The van der Waals surface area contributed by atoms with Gasteiger partial charge in [0.15, 0.2) is 13.5 Å². The van der Waals surface area contributed by atoms with E-state index in [1.54, 1.807) is 0 Å². The number of hydrogen-bond donors (Lipinski definition) is 0. The average Bonchev–Trinajstić information content (AvgIpc) is 3.24. The van der Waals surface area contributed by atoms with Crippen LogP contribution in [0.25, 0.3) is 0 Å². The van der Waals surface area contributed by atoms with Gasteiger partial charge in [-0.3, -0.25) is 0 Å². The summed E-state index contributed by atoms with van der Waals surface area (Å²) in [6, 6.07) is 0. The number of hydrogen-bond acceptors (Lipinski definition) is 2. The highest BCUT2D eigenvalue weighted by atomic mass is 35.5. The van der Waals surface area contributed by atoms with Crippen molar-refractivity contribution in [1.82, 2.24) is 9.13 Å². The van der Waals surface area contributed by atoms with Gasteiger partial charge in [-0.2, -0.15) is 0 Å². The number of nitrogens with zero attached hydrogens (tertiary/aromatic N) is 4. The molecule has 0 aromatic carbocycles. The maximum atomic E-state index is 5.71. The minimum atomic E-state index is 0. The first-order valence-electron chi connectivity index (χ1n) is 9.57. The van der Waals surface area contributed by atoms with Crippen molar-refractivity contribution in [1.29, 1.82) is 0 Å². The number of unbranched alkanes of at least 4 members (excludes halogenated alkanes) is 2. The van der Waals surface area contributed by atoms with E-state index in [0.29, 0.717) is 13.5 Å². The van der Waals surface area contributed by atoms with Crippen LogP contribution in [0.15, 0.2) is 37.4 Å². The van der Waals surface area contributed by atoms with Gasteiger partial charge in [0.2, 0.25) is 12.7 Å². The minimum absolute atomic E-state index is 0. The summed E-state index contributed by atoms with van der Waals surface area (Å²) in [5.41, 5.74) is 0. The second-order valence-corrected chi connectivity index (χ2v) is 6.47. The summed E-state index contributed by atoms with van der Waals surface area (Å²) in [5.74, 6) is 0. The van der Waals surface area contributed by atoms with Gasteiger partial charge in [0, 0.05) is 0 Å². The summed E-state index contributed by atoms with van der Waals surface area (Å²) in [5, 5.41) is 0. The normalized spacial score (nSPS) is 10.4. The van der Waals surface area contributed by atoms with Crippen molar-refractivity contribution in [2.24, 2.45) is 0 Å². The summed E-state index contributed by atoms with van der Waals surface area (Å²) < 4.78 is 20.0. The number of halogens is 2. The average molecular weight is 421 g/mol. The van der Waals surface area contributed by atoms with Gasteiger partial charge in [0.1, 0.15) is 24.8 Å². The van der Waals surface area contributed by atoms with E-state index in [9.17, 15) is 0 Å². The molecule has 0 aliphatic carbocycles. The summed E-state index contributed by atoms with van der Waals surface area (Å²) in [6.07, 6.45) is 18.1. The van der Waals surface area contributed by atoms with Crippen molar-refractivity contribution >= 4 is 0 Å². The van der Waals surface area contributed by atoms with E-state index in [2.05, 4.69) is 69.6 Å². The molecule has 156 valence electrons. The number of aromatic nitrogens is 4. The first kappa shape index (κ1) is 25.9. The Kier molecular flexibility index (Phi) is 15.3. The SMILES string of the molecule is CCCn1cc[n+](COCCCCCOC[n+]2ccn(CCC)c2)c1.[Cl-].[Cl-]. The Hall–Kier alpha value is -1.08. The molecule has 2 rings (SSSR count). The van der Waals surface area contributed by atoms with E-state index in [0.717, 1.165) is 58.4 Å². The van der Waals surface area contributed by atoms with E-state index < -0.39 is 0 Å². The fourth-order valence-electron chi connectivity index (χ4n) is 2.74. The van der Waals surface area contributed by atoms with Crippen molar-refractivity contribution in [3.8, 4) is 0 Å². The molecule has 0 aliphatic rings. The smallest absolute Gasteiger partial charge is 0.245 e. The van der Waals surface area contributed by atoms with Crippen LogP contribution in [0.4, 0.5) is 0 Å². The molecule has 0 radical (unpaired) electrons. The molecule has 6 nitrogen and oxygen atoms in total. The van der Waals surface area contributed by atoms with Crippen molar-refractivity contribution < 1.29 is 43.4 Å². The summed E-state index contributed by atoms with van der Waals surface area (Å²) in [4.78, 5) is 0. The molecule has 0 atom stereocenters.